The van der Waals surface area contributed by atoms with Gasteiger partial charge in [-0.2, -0.15) is 0 Å². The molecule has 0 saturated heterocycles. The van der Waals surface area contributed by atoms with Gasteiger partial charge < -0.3 is 14.8 Å². The second-order valence-electron chi connectivity index (χ2n) is 4.94. The van der Waals surface area contributed by atoms with Crippen LogP contribution >= 0.6 is 15.9 Å². The van der Waals surface area contributed by atoms with E-state index in [2.05, 4.69) is 59.4 Å². The zero-order chi connectivity index (χ0) is 14.1. The molecule has 2 aromatic rings. The molecule has 0 bridgehead atoms. The molecule has 3 nitrogen and oxygen atoms in total. The summed E-state index contributed by atoms with van der Waals surface area (Å²) >= 11 is 3.52. The van der Waals surface area contributed by atoms with Gasteiger partial charge in [-0.3, -0.25) is 0 Å². The summed E-state index contributed by atoms with van der Waals surface area (Å²) in [4.78, 5) is 0. The first kappa shape index (κ1) is 13.3. The quantitative estimate of drug-likeness (QED) is 0.886. The second kappa shape index (κ2) is 5.37. The van der Waals surface area contributed by atoms with Crippen molar-refractivity contribution in [3.05, 3.63) is 52.0 Å². The number of anilines is 1. The van der Waals surface area contributed by atoms with Crippen LogP contribution < -0.4 is 14.8 Å². The predicted octanol–water partition coefficient (Wildman–Crippen LogP) is 4.66. The highest BCUT2D eigenvalue weighted by Crippen LogP contribution is 2.35. The van der Waals surface area contributed by atoms with Crippen LogP contribution in [0, 0.1) is 6.92 Å². The number of rotatable bonds is 3. The Labute approximate surface area is 127 Å². The summed E-state index contributed by atoms with van der Waals surface area (Å²) in [5.41, 5.74) is 3.50. The highest BCUT2D eigenvalue weighted by Gasteiger charge is 2.15. The molecule has 0 fully saturated rings. The van der Waals surface area contributed by atoms with Crippen molar-refractivity contribution in [3.63, 3.8) is 0 Å². The minimum absolute atomic E-state index is 0.199. The van der Waals surface area contributed by atoms with E-state index in [1.807, 2.05) is 12.1 Å². The van der Waals surface area contributed by atoms with Gasteiger partial charge in [-0.1, -0.05) is 22.0 Å². The zero-order valence-corrected chi connectivity index (χ0v) is 13.0. The highest BCUT2D eigenvalue weighted by molar-refractivity contribution is 9.10. The molecule has 1 N–H and O–H groups in total. The van der Waals surface area contributed by atoms with Crippen molar-refractivity contribution >= 4 is 21.6 Å². The Morgan fingerprint density at radius 3 is 2.70 bits per heavy atom. The molecule has 2 aromatic carbocycles. The molecule has 104 valence electrons. The number of benzene rings is 2. The Morgan fingerprint density at radius 2 is 1.90 bits per heavy atom. The Bertz CT molecular complexity index is 642. The van der Waals surface area contributed by atoms with E-state index in [4.69, 9.17) is 9.47 Å². The largest absolute Gasteiger partial charge is 0.454 e. The number of ether oxygens (including phenoxy) is 2. The third-order valence-electron chi connectivity index (χ3n) is 3.44. The van der Waals surface area contributed by atoms with Crippen molar-refractivity contribution < 1.29 is 9.47 Å². The molecule has 0 saturated carbocycles. The summed E-state index contributed by atoms with van der Waals surface area (Å²) in [5, 5.41) is 3.50. The predicted molar refractivity (Wildman–Crippen MR) is 83.5 cm³/mol. The van der Waals surface area contributed by atoms with Crippen LogP contribution in [0.3, 0.4) is 0 Å². The van der Waals surface area contributed by atoms with Crippen LogP contribution in [0.15, 0.2) is 40.9 Å². The zero-order valence-electron chi connectivity index (χ0n) is 11.4. The summed E-state index contributed by atoms with van der Waals surface area (Å²) in [5.74, 6) is 1.64. The monoisotopic (exact) mass is 333 g/mol. The third-order valence-corrected chi connectivity index (χ3v) is 4.33. The SMILES string of the molecule is Cc1cc(NC(C)c2ccc3c(c2)OCO3)ccc1Br. The minimum atomic E-state index is 0.199. The Hall–Kier alpha value is -1.68. The number of aryl methyl sites for hydroxylation is 1. The van der Waals surface area contributed by atoms with Crippen LogP contribution in [0.4, 0.5) is 5.69 Å². The van der Waals surface area contributed by atoms with Crippen LogP contribution in [0.25, 0.3) is 0 Å². The van der Waals surface area contributed by atoms with E-state index in [1.54, 1.807) is 0 Å². The van der Waals surface area contributed by atoms with Crippen molar-refractivity contribution in [3.8, 4) is 11.5 Å². The van der Waals surface area contributed by atoms with Crippen molar-refractivity contribution in [2.24, 2.45) is 0 Å². The molecular weight excluding hydrogens is 318 g/mol. The van der Waals surface area contributed by atoms with Crippen LogP contribution in [0.1, 0.15) is 24.1 Å². The van der Waals surface area contributed by atoms with Crippen molar-refractivity contribution in [2.75, 3.05) is 12.1 Å². The third kappa shape index (κ3) is 2.61. The first-order valence-corrected chi connectivity index (χ1v) is 7.35. The number of hydrogen-bond acceptors (Lipinski definition) is 3. The van der Waals surface area contributed by atoms with Crippen LogP contribution in [0.2, 0.25) is 0 Å². The lowest BCUT2D eigenvalue weighted by molar-refractivity contribution is 0.174. The normalized spacial score (nSPS) is 14.2. The molecule has 1 aliphatic heterocycles. The molecule has 1 unspecified atom stereocenters. The lowest BCUT2D eigenvalue weighted by atomic mass is 10.1. The van der Waals surface area contributed by atoms with Gasteiger partial charge in [0.15, 0.2) is 11.5 Å². The van der Waals surface area contributed by atoms with E-state index in [-0.39, 0.29) is 6.04 Å². The van der Waals surface area contributed by atoms with Gasteiger partial charge in [0.25, 0.3) is 0 Å². The number of halogens is 1. The molecule has 3 rings (SSSR count). The van der Waals surface area contributed by atoms with Gasteiger partial charge in [0.2, 0.25) is 6.79 Å². The average Bonchev–Trinajstić information content (AvgIpc) is 2.90. The van der Waals surface area contributed by atoms with E-state index in [0.717, 1.165) is 21.7 Å². The summed E-state index contributed by atoms with van der Waals surface area (Å²) in [6, 6.07) is 12.5. The Balaban J connectivity index is 1.78. The first-order valence-electron chi connectivity index (χ1n) is 6.56. The van der Waals surface area contributed by atoms with Crippen LogP contribution in [0.5, 0.6) is 11.5 Å². The van der Waals surface area contributed by atoms with Gasteiger partial charge >= 0.3 is 0 Å². The van der Waals surface area contributed by atoms with Gasteiger partial charge in [-0.15, -0.1) is 0 Å². The molecule has 20 heavy (non-hydrogen) atoms. The molecule has 1 atom stereocenters. The molecule has 0 radical (unpaired) electrons. The minimum Gasteiger partial charge on any atom is -0.454 e. The highest BCUT2D eigenvalue weighted by atomic mass is 79.9. The van der Waals surface area contributed by atoms with Gasteiger partial charge in [-0.25, -0.2) is 0 Å². The fourth-order valence-corrected chi connectivity index (χ4v) is 2.50. The fourth-order valence-electron chi connectivity index (χ4n) is 2.25. The number of fused-ring (bicyclic) bond motifs is 1. The summed E-state index contributed by atoms with van der Waals surface area (Å²) in [6.07, 6.45) is 0. The average molecular weight is 334 g/mol. The molecule has 1 heterocycles. The molecular formula is C16H16BrNO2. The summed E-state index contributed by atoms with van der Waals surface area (Å²) in [6.45, 7) is 4.53. The molecule has 4 heteroatoms. The molecule has 1 aliphatic rings. The Kier molecular flexibility index (Phi) is 3.57. The van der Waals surface area contributed by atoms with Crippen molar-refractivity contribution in [1.82, 2.24) is 0 Å². The maximum Gasteiger partial charge on any atom is 0.231 e. The van der Waals surface area contributed by atoms with Crippen molar-refractivity contribution in [1.29, 1.82) is 0 Å². The van der Waals surface area contributed by atoms with Gasteiger partial charge in [0, 0.05) is 16.2 Å². The van der Waals surface area contributed by atoms with Gasteiger partial charge in [0.1, 0.15) is 0 Å². The smallest absolute Gasteiger partial charge is 0.231 e. The van der Waals surface area contributed by atoms with E-state index in [9.17, 15) is 0 Å². The second-order valence-corrected chi connectivity index (χ2v) is 5.80. The number of nitrogens with one attached hydrogen (secondary N) is 1. The topological polar surface area (TPSA) is 30.5 Å². The van der Waals surface area contributed by atoms with Crippen molar-refractivity contribution in [2.45, 2.75) is 19.9 Å². The lowest BCUT2D eigenvalue weighted by Crippen LogP contribution is -2.06. The van der Waals surface area contributed by atoms with E-state index in [0.29, 0.717) is 6.79 Å². The first-order chi connectivity index (χ1) is 9.63. The van der Waals surface area contributed by atoms with E-state index >= 15 is 0 Å². The summed E-state index contributed by atoms with van der Waals surface area (Å²) < 4.78 is 11.9. The molecule has 0 amide bonds. The lowest BCUT2D eigenvalue weighted by Gasteiger charge is -2.17. The fraction of sp³-hybridized carbons (Fsp3) is 0.250. The summed E-state index contributed by atoms with van der Waals surface area (Å²) in [7, 11) is 0. The molecule has 0 aromatic heterocycles. The van der Waals surface area contributed by atoms with Crippen LogP contribution in [-0.4, -0.2) is 6.79 Å². The van der Waals surface area contributed by atoms with E-state index in [1.165, 1.54) is 11.1 Å². The maximum atomic E-state index is 5.42. The van der Waals surface area contributed by atoms with Gasteiger partial charge in [-0.05, 0) is 55.3 Å². The van der Waals surface area contributed by atoms with Gasteiger partial charge in [0.05, 0.1) is 0 Å². The molecule has 0 aliphatic carbocycles. The van der Waals surface area contributed by atoms with E-state index < -0.39 is 0 Å². The Morgan fingerprint density at radius 1 is 1.10 bits per heavy atom. The standard InChI is InChI=1S/C16H16BrNO2/c1-10-7-13(4-5-14(10)17)18-11(2)12-3-6-15-16(8-12)20-9-19-15/h3-8,11,18H,9H2,1-2H3. The molecule has 0 spiro atoms. The maximum absolute atomic E-state index is 5.42. The van der Waals surface area contributed by atoms with Crippen LogP contribution in [-0.2, 0) is 0 Å². The number of hydrogen-bond donors (Lipinski definition) is 1.